The summed E-state index contributed by atoms with van der Waals surface area (Å²) in [6.07, 6.45) is 5.48. The van der Waals surface area contributed by atoms with Gasteiger partial charge < -0.3 is 9.80 Å². The average Bonchev–Trinajstić information content (AvgIpc) is 3.00. The van der Waals surface area contributed by atoms with Gasteiger partial charge in [0.1, 0.15) is 0 Å². The maximum atomic E-state index is 13.2. The van der Waals surface area contributed by atoms with E-state index in [9.17, 15) is 13.2 Å². The number of aromatic nitrogens is 2. The first-order valence-corrected chi connectivity index (χ1v) is 13.9. The minimum Gasteiger partial charge on any atom is -0.355 e. The maximum absolute atomic E-state index is 13.2. The van der Waals surface area contributed by atoms with Gasteiger partial charge in [0, 0.05) is 43.0 Å². The fraction of sp³-hybridized carbons (Fsp3) is 0.370. The van der Waals surface area contributed by atoms with Gasteiger partial charge in [0.05, 0.1) is 10.6 Å². The molecular formula is C27H31N5O3S. The number of carbonyl (C=O) groups excluding carboxylic acids is 1. The van der Waals surface area contributed by atoms with Crippen molar-refractivity contribution in [2.75, 3.05) is 27.6 Å². The predicted molar refractivity (Wildman–Crippen MR) is 142 cm³/mol. The van der Waals surface area contributed by atoms with Crippen LogP contribution in [0.2, 0.25) is 0 Å². The van der Waals surface area contributed by atoms with Crippen molar-refractivity contribution in [1.29, 1.82) is 0 Å². The Morgan fingerprint density at radius 3 is 2.44 bits per heavy atom. The molecule has 36 heavy (non-hydrogen) atoms. The lowest BCUT2D eigenvalue weighted by Crippen LogP contribution is -2.33. The second kappa shape index (κ2) is 9.89. The van der Waals surface area contributed by atoms with Crippen molar-refractivity contribution in [3.05, 3.63) is 60.2 Å². The zero-order valence-corrected chi connectivity index (χ0v) is 21.5. The molecule has 1 unspecified atom stereocenters. The SMILES string of the molecule is CC(=O)N1c2ccc(S(=O)(=O)Nc3cccc(-c4ccc(N5CCCCCC5)nn4)c3)cc2CC1C. The number of nitrogens with one attached hydrogen (secondary N) is 1. The number of sulfonamides is 1. The van der Waals surface area contributed by atoms with Gasteiger partial charge in [-0.05, 0) is 74.2 Å². The highest BCUT2D eigenvalue weighted by molar-refractivity contribution is 7.92. The maximum Gasteiger partial charge on any atom is 0.261 e. The van der Waals surface area contributed by atoms with Gasteiger partial charge >= 0.3 is 0 Å². The van der Waals surface area contributed by atoms with E-state index in [0.29, 0.717) is 17.8 Å². The Bertz CT molecular complexity index is 1370. The van der Waals surface area contributed by atoms with E-state index < -0.39 is 10.0 Å². The van der Waals surface area contributed by atoms with Crippen LogP contribution in [0.3, 0.4) is 0 Å². The van der Waals surface area contributed by atoms with Crippen molar-refractivity contribution in [2.24, 2.45) is 0 Å². The van der Waals surface area contributed by atoms with Crippen LogP contribution in [0.25, 0.3) is 11.3 Å². The third kappa shape index (κ3) is 4.93. The third-order valence-electron chi connectivity index (χ3n) is 6.91. The molecule has 2 aliphatic rings. The molecule has 1 amide bonds. The van der Waals surface area contributed by atoms with E-state index in [0.717, 1.165) is 35.7 Å². The number of benzene rings is 2. The van der Waals surface area contributed by atoms with E-state index in [1.807, 2.05) is 25.1 Å². The summed E-state index contributed by atoms with van der Waals surface area (Å²) in [5, 5.41) is 8.86. The van der Waals surface area contributed by atoms with E-state index in [-0.39, 0.29) is 16.8 Å². The first-order chi connectivity index (χ1) is 17.3. The minimum atomic E-state index is -3.81. The fourth-order valence-electron chi connectivity index (χ4n) is 5.16. The van der Waals surface area contributed by atoms with Crippen LogP contribution >= 0.6 is 0 Å². The topological polar surface area (TPSA) is 95.5 Å². The van der Waals surface area contributed by atoms with Crippen LogP contribution in [-0.4, -0.2) is 43.7 Å². The highest BCUT2D eigenvalue weighted by Gasteiger charge is 2.30. The first-order valence-electron chi connectivity index (χ1n) is 12.5. The van der Waals surface area contributed by atoms with E-state index >= 15 is 0 Å². The van der Waals surface area contributed by atoms with Crippen LogP contribution < -0.4 is 14.5 Å². The molecule has 1 N–H and O–H groups in total. The summed E-state index contributed by atoms with van der Waals surface area (Å²) in [5.41, 5.74) is 3.55. The number of rotatable bonds is 5. The molecule has 0 radical (unpaired) electrons. The van der Waals surface area contributed by atoms with Crippen molar-refractivity contribution in [2.45, 2.75) is 56.9 Å². The van der Waals surface area contributed by atoms with Gasteiger partial charge in [0.15, 0.2) is 5.82 Å². The smallest absolute Gasteiger partial charge is 0.261 e. The van der Waals surface area contributed by atoms with E-state index in [4.69, 9.17) is 0 Å². The Morgan fingerprint density at radius 1 is 0.972 bits per heavy atom. The number of hydrogen-bond acceptors (Lipinski definition) is 6. The molecule has 0 bridgehead atoms. The zero-order chi connectivity index (χ0) is 25.3. The lowest BCUT2D eigenvalue weighted by Gasteiger charge is -2.20. The van der Waals surface area contributed by atoms with E-state index in [2.05, 4.69) is 19.8 Å². The summed E-state index contributed by atoms with van der Waals surface area (Å²) in [6, 6.07) is 16.0. The predicted octanol–water partition coefficient (Wildman–Crippen LogP) is 4.62. The Labute approximate surface area is 212 Å². The minimum absolute atomic E-state index is 0.00644. The molecule has 2 aliphatic heterocycles. The lowest BCUT2D eigenvalue weighted by atomic mass is 10.1. The summed E-state index contributed by atoms with van der Waals surface area (Å²) in [5.74, 6) is 0.834. The number of anilines is 3. The molecule has 1 atom stereocenters. The van der Waals surface area contributed by atoms with Crippen molar-refractivity contribution < 1.29 is 13.2 Å². The van der Waals surface area contributed by atoms with Crippen molar-refractivity contribution in [3.8, 4) is 11.3 Å². The van der Waals surface area contributed by atoms with Crippen molar-refractivity contribution in [3.63, 3.8) is 0 Å². The standard InChI is InChI=1S/C27H31N5O3S/c1-19-16-22-18-24(10-12-26(22)32(19)20(2)33)36(34,35)30-23-9-7-8-21(17-23)25-11-13-27(29-28-25)31-14-5-3-4-6-15-31/h7-13,17-19,30H,3-6,14-16H2,1-2H3. The Hall–Kier alpha value is -3.46. The van der Waals surface area contributed by atoms with Gasteiger partial charge in [-0.1, -0.05) is 25.0 Å². The molecule has 1 fully saturated rings. The number of fused-ring (bicyclic) bond motifs is 1. The third-order valence-corrected chi connectivity index (χ3v) is 8.29. The quantitative estimate of drug-likeness (QED) is 0.544. The molecule has 9 heteroatoms. The largest absolute Gasteiger partial charge is 0.355 e. The lowest BCUT2D eigenvalue weighted by molar-refractivity contribution is -0.116. The molecule has 0 saturated carbocycles. The van der Waals surface area contributed by atoms with Crippen LogP contribution in [-0.2, 0) is 21.2 Å². The van der Waals surface area contributed by atoms with Gasteiger partial charge in [-0.2, -0.15) is 0 Å². The summed E-state index contributed by atoms with van der Waals surface area (Å²) in [6.45, 7) is 5.49. The highest BCUT2D eigenvalue weighted by Crippen LogP contribution is 2.34. The molecule has 8 nitrogen and oxygen atoms in total. The Kier molecular flexibility index (Phi) is 6.66. The van der Waals surface area contributed by atoms with E-state index in [1.54, 1.807) is 41.3 Å². The zero-order valence-electron chi connectivity index (χ0n) is 20.6. The fourth-order valence-corrected chi connectivity index (χ4v) is 6.26. The summed E-state index contributed by atoms with van der Waals surface area (Å²) in [4.78, 5) is 16.1. The van der Waals surface area contributed by atoms with Crippen molar-refractivity contribution in [1.82, 2.24) is 10.2 Å². The molecule has 3 aromatic rings. The molecule has 1 saturated heterocycles. The van der Waals surface area contributed by atoms with Crippen LogP contribution in [0.5, 0.6) is 0 Å². The average molecular weight is 506 g/mol. The molecule has 0 aliphatic carbocycles. The Morgan fingerprint density at radius 2 is 1.75 bits per heavy atom. The molecule has 188 valence electrons. The van der Waals surface area contributed by atoms with Crippen LogP contribution in [0.4, 0.5) is 17.2 Å². The van der Waals surface area contributed by atoms with Crippen LogP contribution in [0.1, 0.15) is 45.1 Å². The number of hydrogen-bond donors (Lipinski definition) is 1. The Balaban J connectivity index is 1.34. The molecule has 0 spiro atoms. The normalized spacial score (nSPS) is 18.0. The second-order valence-electron chi connectivity index (χ2n) is 9.60. The van der Waals surface area contributed by atoms with E-state index in [1.165, 1.54) is 32.6 Å². The van der Waals surface area contributed by atoms with Gasteiger partial charge in [0.25, 0.3) is 10.0 Å². The van der Waals surface area contributed by atoms with Gasteiger partial charge in [0.2, 0.25) is 5.91 Å². The second-order valence-corrected chi connectivity index (χ2v) is 11.3. The molecule has 1 aromatic heterocycles. The summed E-state index contributed by atoms with van der Waals surface area (Å²) in [7, 11) is -3.81. The summed E-state index contributed by atoms with van der Waals surface area (Å²) < 4.78 is 29.0. The molecule has 3 heterocycles. The van der Waals surface area contributed by atoms with Crippen molar-refractivity contribution >= 4 is 33.1 Å². The number of carbonyl (C=O) groups is 1. The first kappa shape index (κ1) is 24.2. The van der Waals surface area contributed by atoms with Gasteiger partial charge in [-0.3, -0.25) is 9.52 Å². The molecule has 5 rings (SSSR count). The monoisotopic (exact) mass is 505 g/mol. The number of amides is 1. The van der Waals surface area contributed by atoms with Crippen LogP contribution in [0.15, 0.2) is 59.5 Å². The van der Waals surface area contributed by atoms with Crippen LogP contribution in [0, 0.1) is 0 Å². The number of nitrogens with zero attached hydrogens (tertiary/aromatic N) is 4. The van der Waals surface area contributed by atoms with Gasteiger partial charge in [-0.15, -0.1) is 10.2 Å². The molecule has 2 aromatic carbocycles. The van der Waals surface area contributed by atoms with Gasteiger partial charge in [-0.25, -0.2) is 8.42 Å². The summed E-state index contributed by atoms with van der Waals surface area (Å²) >= 11 is 0. The molecular weight excluding hydrogens is 474 g/mol. The highest BCUT2D eigenvalue weighted by atomic mass is 32.2.